The monoisotopic (exact) mass is 230 g/mol. The Morgan fingerprint density at radius 1 is 1.53 bits per heavy atom. The van der Waals surface area contributed by atoms with Gasteiger partial charge in [-0.25, -0.2) is 4.79 Å². The molecule has 17 heavy (non-hydrogen) atoms. The Morgan fingerprint density at radius 3 is 3.18 bits per heavy atom. The fraction of sp³-hybridized carbons (Fsp3) is 0.462. The fourth-order valence-corrected chi connectivity index (χ4v) is 2.82. The summed E-state index contributed by atoms with van der Waals surface area (Å²) in [5.41, 5.74) is 1.62. The van der Waals surface area contributed by atoms with Gasteiger partial charge in [0.2, 0.25) is 0 Å². The number of carbonyl (C=O) groups excluding carboxylic acids is 1. The Bertz CT molecular complexity index is 498. The number of ether oxygens (including phenoxy) is 1. The molecule has 1 aliphatic heterocycles. The SMILES string of the molecule is CCOC(=O)[C@]12Cc3ccccc3[C@H]1CN=N2. The zero-order valence-electron chi connectivity index (χ0n) is 9.72. The van der Waals surface area contributed by atoms with E-state index in [9.17, 15) is 4.79 Å². The van der Waals surface area contributed by atoms with Gasteiger partial charge in [0.25, 0.3) is 0 Å². The lowest BCUT2D eigenvalue weighted by molar-refractivity contribution is -0.149. The molecule has 0 aromatic heterocycles. The molecule has 88 valence electrons. The van der Waals surface area contributed by atoms with Crippen LogP contribution in [0.3, 0.4) is 0 Å². The van der Waals surface area contributed by atoms with Gasteiger partial charge < -0.3 is 4.74 Å². The molecule has 0 fully saturated rings. The Balaban J connectivity index is 2.02. The number of hydrogen-bond donors (Lipinski definition) is 0. The van der Waals surface area contributed by atoms with Crippen molar-refractivity contribution < 1.29 is 9.53 Å². The summed E-state index contributed by atoms with van der Waals surface area (Å²) in [6.45, 7) is 2.80. The minimum absolute atomic E-state index is 0.0674. The second-order valence-corrected chi connectivity index (χ2v) is 4.50. The molecule has 0 saturated carbocycles. The van der Waals surface area contributed by atoms with Crippen LogP contribution >= 0.6 is 0 Å². The van der Waals surface area contributed by atoms with E-state index in [-0.39, 0.29) is 11.9 Å². The molecule has 1 aromatic carbocycles. The van der Waals surface area contributed by atoms with Gasteiger partial charge in [0.15, 0.2) is 5.54 Å². The van der Waals surface area contributed by atoms with Gasteiger partial charge in [-0.2, -0.15) is 10.2 Å². The summed E-state index contributed by atoms with van der Waals surface area (Å²) in [4.78, 5) is 12.1. The van der Waals surface area contributed by atoms with Crippen LogP contribution in [0.15, 0.2) is 34.5 Å². The van der Waals surface area contributed by atoms with Crippen LogP contribution in [0.2, 0.25) is 0 Å². The lowest BCUT2D eigenvalue weighted by Gasteiger charge is -2.22. The van der Waals surface area contributed by atoms with Crippen LogP contribution in [0.5, 0.6) is 0 Å². The van der Waals surface area contributed by atoms with Gasteiger partial charge in [-0.15, -0.1) is 0 Å². The van der Waals surface area contributed by atoms with Crippen LogP contribution in [0.4, 0.5) is 0 Å². The number of nitrogens with zero attached hydrogens (tertiary/aromatic N) is 2. The Morgan fingerprint density at radius 2 is 2.35 bits per heavy atom. The fourth-order valence-electron chi connectivity index (χ4n) is 2.82. The molecule has 0 unspecified atom stereocenters. The van der Waals surface area contributed by atoms with E-state index in [0.717, 1.165) is 0 Å². The molecule has 0 spiro atoms. The summed E-state index contributed by atoms with van der Waals surface area (Å²) in [5.74, 6) is -0.166. The molecule has 4 heteroatoms. The van der Waals surface area contributed by atoms with Crippen LogP contribution in [-0.2, 0) is 16.0 Å². The molecule has 0 N–H and O–H groups in total. The van der Waals surface area contributed by atoms with Gasteiger partial charge >= 0.3 is 5.97 Å². The quantitative estimate of drug-likeness (QED) is 0.730. The van der Waals surface area contributed by atoms with Crippen molar-refractivity contribution in [2.45, 2.75) is 24.8 Å². The highest BCUT2D eigenvalue weighted by atomic mass is 16.5. The van der Waals surface area contributed by atoms with Gasteiger partial charge in [-0.1, -0.05) is 24.3 Å². The van der Waals surface area contributed by atoms with Crippen LogP contribution in [0.1, 0.15) is 24.0 Å². The highest BCUT2D eigenvalue weighted by Crippen LogP contribution is 2.47. The number of carbonyl (C=O) groups is 1. The lowest BCUT2D eigenvalue weighted by atomic mass is 9.86. The van der Waals surface area contributed by atoms with E-state index in [1.165, 1.54) is 11.1 Å². The molecule has 2 aliphatic rings. The minimum atomic E-state index is -0.778. The second-order valence-electron chi connectivity index (χ2n) is 4.50. The first-order valence-corrected chi connectivity index (χ1v) is 5.91. The van der Waals surface area contributed by atoms with E-state index in [1.807, 2.05) is 19.1 Å². The van der Waals surface area contributed by atoms with Crippen molar-refractivity contribution in [3.05, 3.63) is 35.4 Å². The minimum Gasteiger partial charge on any atom is -0.464 e. The van der Waals surface area contributed by atoms with Crippen molar-refractivity contribution in [2.24, 2.45) is 10.2 Å². The molecule has 3 rings (SSSR count). The van der Waals surface area contributed by atoms with Crippen molar-refractivity contribution in [1.82, 2.24) is 0 Å². The maximum atomic E-state index is 12.1. The van der Waals surface area contributed by atoms with E-state index in [0.29, 0.717) is 19.6 Å². The normalized spacial score (nSPS) is 28.9. The molecule has 1 aliphatic carbocycles. The third kappa shape index (κ3) is 1.33. The van der Waals surface area contributed by atoms with Crippen molar-refractivity contribution in [2.75, 3.05) is 13.2 Å². The predicted octanol–water partition coefficient (Wildman–Crippen LogP) is 2.09. The van der Waals surface area contributed by atoms with Crippen LogP contribution in [0, 0.1) is 0 Å². The molecular weight excluding hydrogens is 216 g/mol. The maximum Gasteiger partial charge on any atom is 0.337 e. The van der Waals surface area contributed by atoms with Crippen molar-refractivity contribution >= 4 is 5.97 Å². The van der Waals surface area contributed by atoms with Gasteiger partial charge in [0.05, 0.1) is 13.2 Å². The summed E-state index contributed by atoms with van der Waals surface area (Å²) in [5, 5.41) is 8.28. The number of azo groups is 1. The third-order valence-electron chi connectivity index (χ3n) is 3.61. The zero-order chi connectivity index (χ0) is 11.9. The van der Waals surface area contributed by atoms with Crippen molar-refractivity contribution in [3.8, 4) is 0 Å². The summed E-state index contributed by atoms with van der Waals surface area (Å²) in [6, 6.07) is 8.12. The van der Waals surface area contributed by atoms with E-state index in [2.05, 4.69) is 22.4 Å². The summed E-state index contributed by atoms with van der Waals surface area (Å²) >= 11 is 0. The lowest BCUT2D eigenvalue weighted by Crippen LogP contribution is -2.40. The number of esters is 1. The zero-order valence-corrected chi connectivity index (χ0v) is 9.72. The summed E-state index contributed by atoms with van der Waals surface area (Å²) in [6.07, 6.45) is 0.621. The highest BCUT2D eigenvalue weighted by molar-refractivity contribution is 5.85. The average Bonchev–Trinajstić information content (AvgIpc) is 2.86. The van der Waals surface area contributed by atoms with Crippen molar-refractivity contribution in [1.29, 1.82) is 0 Å². The smallest absolute Gasteiger partial charge is 0.337 e. The standard InChI is InChI=1S/C13H14N2O2/c1-2-17-12(16)13-7-9-5-3-4-6-10(9)11(13)8-14-15-13/h3-6,11H,2,7-8H2,1H3/t11-,13+/m1/s1. The first-order valence-electron chi connectivity index (χ1n) is 5.91. The van der Waals surface area contributed by atoms with Gasteiger partial charge in [0.1, 0.15) is 0 Å². The Kier molecular flexibility index (Phi) is 2.24. The van der Waals surface area contributed by atoms with Gasteiger partial charge in [-0.3, -0.25) is 0 Å². The molecule has 4 nitrogen and oxygen atoms in total. The summed E-state index contributed by atoms with van der Waals surface area (Å²) < 4.78 is 5.17. The first kappa shape index (κ1) is 10.4. The molecule has 0 amide bonds. The van der Waals surface area contributed by atoms with Crippen molar-refractivity contribution in [3.63, 3.8) is 0 Å². The molecule has 0 saturated heterocycles. The van der Waals surface area contributed by atoms with E-state index >= 15 is 0 Å². The molecule has 0 radical (unpaired) electrons. The molecular formula is C13H14N2O2. The molecule has 2 atom stereocenters. The summed E-state index contributed by atoms with van der Waals surface area (Å²) in [7, 11) is 0. The number of benzene rings is 1. The molecule has 0 bridgehead atoms. The average molecular weight is 230 g/mol. The van der Waals surface area contributed by atoms with E-state index < -0.39 is 5.54 Å². The van der Waals surface area contributed by atoms with E-state index in [1.54, 1.807) is 0 Å². The Hall–Kier alpha value is -1.71. The molecule has 1 aromatic rings. The first-order chi connectivity index (χ1) is 8.28. The number of fused-ring (bicyclic) bond motifs is 3. The largest absolute Gasteiger partial charge is 0.464 e. The van der Waals surface area contributed by atoms with Gasteiger partial charge in [-0.05, 0) is 18.1 Å². The predicted molar refractivity (Wildman–Crippen MR) is 62.0 cm³/mol. The molecule has 1 heterocycles. The van der Waals surface area contributed by atoms with Crippen LogP contribution < -0.4 is 0 Å². The number of hydrogen-bond acceptors (Lipinski definition) is 4. The highest BCUT2D eigenvalue weighted by Gasteiger charge is 2.56. The van der Waals surface area contributed by atoms with E-state index in [4.69, 9.17) is 4.74 Å². The number of rotatable bonds is 2. The van der Waals surface area contributed by atoms with Crippen LogP contribution in [0.25, 0.3) is 0 Å². The second kappa shape index (κ2) is 3.65. The Labute approximate surface area is 99.7 Å². The topological polar surface area (TPSA) is 51.0 Å². The maximum absolute atomic E-state index is 12.1. The third-order valence-corrected chi connectivity index (χ3v) is 3.61. The van der Waals surface area contributed by atoms with Crippen LogP contribution in [-0.4, -0.2) is 24.7 Å². The van der Waals surface area contributed by atoms with Gasteiger partial charge in [0, 0.05) is 12.3 Å².